The van der Waals surface area contributed by atoms with Crippen molar-refractivity contribution in [2.24, 2.45) is 0 Å². The lowest BCUT2D eigenvalue weighted by Crippen LogP contribution is -2.46. The molecule has 1 heterocycles. The number of morpholine rings is 1. The third kappa shape index (κ3) is 3.16. The van der Waals surface area contributed by atoms with Crippen LogP contribution in [0.15, 0.2) is 18.2 Å². The highest BCUT2D eigenvalue weighted by Gasteiger charge is 2.23. The molecule has 1 fully saturated rings. The molecule has 0 spiro atoms. The first kappa shape index (κ1) is 13.7. The lowest BCUT2D eigenvalue weighted by molar-refractivity contribution is 0.0917. The minimum absolute atomic E-state index is 0.435. The summed E-state index contributed by atoms with van der Waals surface area (Å²) in [6.45, 7) is 5.57. The standard InChI is InChI=1S/C14H21ClN2O/c1-11-3-4-12(9-14(11)15)17-7-8-18-10-13(17)5-6-16-2/h3-4,9,13,16H,5-8,10H2,1-2H3. The van der Waals surface area contributed by atoms with Gasteiger partial charge in [-0.15, -0.1) is 0 Å². The summed E-state index contributed by atoms with van der Waals surface area (Å²) in [4.78, 5) is 2.41. The van der Waals surface area contributed by atoms with E-state index in [0.29, 0.717) is 6.04 Å². The van der Waals surface area contributed by atoms with Gasteiger partial charge in [0.1, 0.15) is 0 Å². The topological polar surface area (TPSA) is 24.5 Å². The molecule has 4 heteroatoms. The van der Waals surface area contributed by atoms with Crippen LogP contribution < -0.4 is 10.2 Å². The Morgan fingerprint density at radius 1 is 1.50 bits per heavy atom. The molecule has 1 aromatic carbocycles. The maximum atomic E-state index is 6.21. The zero-order valence-corrected chi connectivity index (χ0v) is 11.8. The second-order valence-corrected chi connectivity index (χ2v) is 5.16. The number of hydrogen-bond acceptors (Lipinski definition) is 3. The van der Waals surface area contributed by atoms with Crippen LogP contribution in [-0.4, -0.2) is 39.4 Å². The van der Waals surface area contributed by atoms with Gasteiger partial charge in [-0.1, -0.05) is 17.7 Å². The molecule has 1 aromatic rings. The summed E-state index contributed by atoms with van der Waals surface area (Å²) < 4.78 is 5.58. The van der Waals surface area contributed by atoms with Gasteiger partial charge in [-0.25, -0.2) is 0 Å². The summed E-state index contributed by atoms with van der Waals surface area (Å²) in [5, 5.41) is 4.04. The SMILES string of the molecule is CNCCC1COCCN1c1ccc(C)c(Cl)c1. The monoisotopic (exact) mass is 268 g/mol. The Bertz CT molecular complexity index is 397. The summed E-state index contributed by atoms with van der Waals surface area (Å²) >= 11 is 6.21. The molecular formula is C14H21ClN2O. The molecule has 1 saturated heterocycles. The molecule has 2 rings (SSSR count). The van der Waals surface area contributed by atoms with Crippen molar-refractivity contribution in [3.05, 3.63) is 28.8 Å². The number of ether oxygens (including phenoxy) is 1. The Hall–Kier alpha value is -0.770. The van der Waals surface area contributed by atoms with E-state index in [-0.39, 0.29) is 0 Å². The second kappa shape index (κ2) is 6.41. The summed E-state index contributed by atoms with van der Waals surface area (Å²) in [5.41, 5.74) is 2.33. The van der Waals surface area contributed by atoms with E-state index < -0.39 is 0 Å². The number of nitrogens with zero attached hydrogens (tertiary/aromatic N) is 1. The van der Waals surface area contributed by atoms with Crippen molar-refractivity contribution in [2.75, 3.05) is 38.3 Å². The van der Waals surface area contributed by atoms with Crippen LogP contribution in [0.5, 0.6) is 0 Å². The van der Waals surface area contributed by atoms with Crippen molar-refractivity contribution >= 4 is 17.3 Å². The predicted octanol–water partition coefficient (Wildman–Crippen LogP) is 2.46. The van der Waals surface area contributed by atoms with E-state index in [4.69, 9.17) is 16.3 Å². The fraction of sp³-hybridized carbons (Fsp3) is 0.571. The molecule has 1 unspecified atom stereocenters. The predicted molar refractivity (Wildman–Crippen MR) is 76.7 cm³/mol. The van der Waals surface area contributed by atoms with Crippen LogP contribution >= 0.6 is 11.6 Å². The van der Waals surface area contributed by atoms with Gasteiger partial charge in [-0.3, -0.25) is 0 Å². The highest BCUT2D eigenvalue weighted by atomic mass is 35.5. The molecule has 0 amide bonds. The number of rotatable bonds is 4. The Labute approximate surface area is 114 Å². The first-order valence-corrected chi connectivity index (χ1v) is 6.85. The largest absolute Gasteiger partial charge is 0.377 e. The Morgan fingerprint density at radius 2 is 2.33 bits per heavy atom. The molecule has 1 aliphatic heterocycles. The minimum atomic E-state index is 0.435. The van der Waals surface area contributed by atoms with E-state index in [1.165, 1.54) is 5.69 Å². The summed E-state index contributed by atoms with van der Waals surface area (Å²) in [7, 11) is 1.98. The molecule has 0 bridgehead atoms. The van der Waals surface area contributed by atoms with Gasteiger partial charge in [0.05, 0.1) is 19.3 Å². The lowest BCUT2D eigenvalue weighted by atomic mass is 10.1. The van der Waals surface area contributed by atoms with Gasteiger partial charge in [0.2, 0.25) is 0 Å². The Balaban J connectivity index is 2.14. The maximum Gasteiger partial charge on any atom is 0.0671 e. The average Bonchev–Trinajstić information content (AvgIpc) is 2.40. The molecule has 3 nitrogen and oxygen atoms in total. The zero-order chi connectivity index (χ0) is 13.0. The fourth-order valence-electron chi connectivity index (χ4n) is 2.31. The molecular weight excluding hydrogens is 248 g/mol. The normalized spacial score (nSPS) is 20.2. The van der Waals surface area contributed by atoms with Gasteiger partial charge < -0.3 is 15.0 Å². The molecule has 0 aromatic heterocycles. The van der Waals surface area contributed by atoms with Crippen LogP contribution in [0.2, 0.25) is 5.02 Å². The van der Waals surface area contributed by atoms with E-state index in [0.717, 1.165) is 43.3 Å². The third-order valence-corrected chi connectivity index (χ3v) is 3.85. The minimum Gasteiger partial charge on any atom is -0.377 e. The molecule has 1 aliphatic rings. The number of nitrogens with one attached hydrogen (secondary N) is 1. The van der Waals surface area contributed by atoms with Crippen molar-refractivity contribution in [3.63, 3.8) is 0 Å². The van der Waals surface area contributed by atoms with Crippen molar-refractivity contribution < 1.29 is 4.74 Å². The van der Waals surface area contributed by atoms with Gasteiger partial charge >= 0.3 is 0 Å². The van der Waals surface area contributed by atoms with E-state index in [1.807, 2.05) is 14.0 Å². The molecule has 100 valence electrons. The van der Waals surface area contributed by atoms with Gasteiger partial charge in [0.25, 0.3) is 0 Å². The van der Waals surface area contributed by atoms with Crippen LogP contribution in [0.25, 0.3) is 0 Å². The lowest BCUT2D eigenvalue weighted by Gasteiger charge is -2.37. The molecule has 0 aliphatic carbocycles. The van der Waals surface area contributed by atoms with Gasteiger partial charge in [0.15, 0.2) is 0 Å². The fourth-order valence-corrected chi connectivity index (χ4v) is 2.48. The third-order valence-electron chi connectivity index (χ3n) is 3.44. The maximum absolute atomic E-state index is 6.21. The molecule has 1 N–H and O–H groups in total. The van der Waals surface area contributed by atoms with Crippen molar-refractivity contribution in [3.8, 4) is 0 Å². The molecule has 18 heavy (non-hydrogen) atoms. The van der Waals surface area contributed by atoms with E-state index in [9.17, 15) is 0 Å². The van der Waals surface area contributed by atoms with Crippen LogP contribution in [0.3, 0.4) is 0 Å². The smallest absolute Gasteiger partial charge is 0.0671 e. The van der Waals surface area contributed by atoms with Crippen LogP contribution in [-0.2, 0) is 4.74 Å². The van der Waals surface area contributed by atoms with Crippen molar-refractivity contribution in [2.45, 2.75) is 19.4 Å². The molecule has 0 radical (unpaired) electrons. The van der Waals surface area contributed by atoms with Gasteiger partial charge in [0, 0.05) is 17.3 Å². The average molecular weight is 269 g/mol. The Morgan fingerprint density at radius 3 is 3.06 bits per heavy atom. The van der Waals surface area contributed by atoms with E-state index in [2.05, 4.69) is 28.4 Å². The van der Waals surface area contributed by atoms with Gasteiger partial charge in [-0.05, 0) is 44.6 Å². The number of aryl methyl sites for hydroxylation is 1. The van der Waals surface area contributed by atoms with Crippen LogP contribution in [0.1, 0.15) is 12.0 Å². The summed E-state index contributed by atoms with van der Waals surface area (Å²) in [6, 6.07) is 6.74. The summed E-state index contributed by atoms with van der Waals surface area (Å²) in [5.74, 6) is 0. The highest BCUT2D eigenvalue weighted by Crippen LogP contribution is 2.26. The van der Waals surface area contributed by atoms with Crippen molar-refractivity contribution in [1.29, 1.82) is 0 Å². The molecule has 1 atom stereocenters. The zero-order valence-electron chi connectivity index (χ0n) is 11.1. The first-order chi connectivity index (χ1) is 8.72. The Kier molecular flexibility index (Phi) is 4.87. The quantitative estimate of drug-likeness (QED) is 0.908. The second-order valence-electron chi connectivity index (χ2n) is 4.75. The van der Waals surface area contributed by atoms with E-state index >= 15 is 0 Å². The molecule has 0 saturated carbocycles. The first-order valence-electron chi connectivity index (χ1n) is 6.47. The highest BCUT2D eigenvalue weighted by molar-refractivity contribution is 6.31. The van der Waals surface area contributed by atoms with E-state index in [1.54, 1.807) is 0 Å². The van der Waals surface area contributed by atoms with Crippen LogP contribution in [0, 0.1) is 6.92 Å². The number of hydrogen-bond donors (Lipinski definition) is 1. The van der Waals surface area contributed by atoms with Crippen LogP contribution in [0.4, 0.5) is 5.69 Å². The number of anilines is 1. The van der Waals surface area contributed by atoms with Gasteiger partial charge in [-0.2, -0.15) is 0 Å². The summed E-state index contributed by atoms with van der Waals surface area (Å²) in [6.07, 6.45) is 1.09. The van der Waals surface area contributed by atoms with Crippen molar-refractivity contribution in [1.82, 2.24) is 5.32 Å². The number of benzene rings is 1. The number of halogens is 1.